The van der Waals surface area contributed by atoms with Crippen LogP contribution in [0.2, 0.25) is 5.02 Å². The number of halogens is 2. The van der Waals surface area contributed by atoms with Crippen molar-refractivity contribution in [1.82, 2.24) is 0 Å². The largest absolute Gasteiger partial charge is 0.382 e. The molecule has 0 spiro atoms. The van der Waals surface area contributed by atoms with Crippen molar-refractivity contribution in [1.29, 1.82) is 0 Å². The van der Waals surface area contributed by atoms with Gasteiger partial charge >= 0.3 is 0 Å². The molecule has 1 aliphatic heterocycles. The minimum Gasteiger partial charge on any atom is -0.382 e. The predicted molar refractivity (Wildman–Crippen MR) is 90.6 cm³/mol. The molecule has 1 heterocycles. The van der Waals surface area contributed by atoms with Crippen molar-refractivity contribution in [3.63, 3.8) is 0 Å². The molecule has 3 rings (SSSR count). The molecule has 0 unspecified atom stereocenters. The average molecular weight is 336 g/mol. The number of nitrogens with zero attached hydrogens (tertiary/aromatic N) is 1. The van der Waals surface area contributed by atoms with Crippen molar-refractivity contribution >= 4 is 17.3 Å². The molecular formula is C18H21ClFN2O+. The van der Waals surface area contributed by atoms with E-state index in [0.29, 0.717) is 6.54 Å². The summed E-state index contributed by atoms with van der Waals surface area (Å²) in [5.74, 6) is -0.275. The lowest BCUT2D eigenvalue weighted by Gasteiger charge is -2.34. The molecule has 3 nitrogen and oxygen atoms in total. The number of quaternary nitrogens is 1. The van der Waals surface area contributed by atoms with E-state index in [2.05, 4.69) is 11.0 Å². The van der Waals surface area contributed by atoms with Crippen molar-refractivity contribution in [2.75, 3.05) is 37.6 Å². The summed E-state index contributed by atoms with van der Waals surface area (Å²) in [7, 11) is 0. The van der Waals surface area contributed by atoms with Crippen LogP contribution in [0.1, 0.15) is 11.7 Å². The van der Waals surface area contributed by atoms with Gasteiger partial charge in [-0.15, -0.1) is 0 Å². The molecular weight excluding hydrogens is 315 g/mol. The van der Waals surface area contributed by atoms with Crippen molar-refractivity contribution in [3.05, 3.63) is 64.9 Å². The van der Waals surface area contributed by atoms with Gasteiger partial charge in [0, 0.05) is 10.7 Å². The third-order valence-electron chi connectivity index (χ3n) is 4.38. The number of rotatable bonds is 4. The molecule has 2 N–H and O–H groups in total. The van der Waals surface area contributed by atoms with Crippen LogP contribution in [0.15, 0.2) is 48.5 Å². The van der Waals surface area contributed by atoms with Crippen LogP contribution < -0.4 is 9.80 Å². The lowest BCUT2D eigenvalue weighted by molar-refractivity contribution is -0.904. The molecule has 23 heavy (non-hydrogen) atoms. The summed E-state index contributed by atoms with van der Waals surface area (Å²) in [6.45, 7) is 4.45. The summed E-state index contributed by atoms with van der Waals surface area (Å²) in [4.78, 5) is 3.68. The second-order valence-corrected chi connectivity index (χ2v) is 6.42. The molecule has 0 radical (unpaired) electrons. The van der Waals surface area contributed by atoms with Crippen molar-refractivity contribution in [2.45, 2.75) is 6.10 Å². The molecule has 2 aromatic rings. The molecule has 1 aliphatic rings. The van der Waals surface area contributed by atoms with Gasteiger partial charge in [0.15, 0.2) is 0 Å². The van der Waals surface area contributed by atoms with Gasteiger partial charge < -0.3 is 14.9 Å². The minimum absolute atomic E-state index is 0.275. The number of nitrogens with one attached hydrogen (secondary N) is 1. The molecule has 1 saturated heterocycles. The van der Waals surface area contributed by atoms with Crippen LogP contribution in [0.5, 0.6) is 0 Å². The highest BCUT2D eigenvalue weighted by Gasteiger charge is 2.23. The van der Waals surface area contributed by atoms with Gasteiger partial charge in [-0.05, 0) is 35.9 Å². The highest BCUT2D eigenvalue weighted by molar-refractivity contribution is 6.30. The van der Waals surface area contributed by atoms with E-state index in [1.54, 1.807) is 12.1 Å². The van der Waals surface area contributed by atoms with Crippen molar-refractivity contribution in [2.24, 2.45) is 0 Å². The Morgan fingerprint density at radius 1 is 1.13 bits per heavy atom. The average Bonchev–Trinajstić information content (AvgIpc) is 2.56. The van der Waals surface area contributed by atoms with Crippen LogP contribution in [-0.2, 0) is 0 Å². The fourth-order valence-electron chi connectivity index (χ4n) is 3.03. The summed E-state index contributed by atoms with van der Waals surface area (Å²) in [5.41, 5.74) is 1.92. The van der Waals surface area contributed by atoms with Gasteiger partial charge in [0.1, 0.15) is 18.5 Å². The van der Waals surface area contributed by atoms with Gasteiger partial charge in [-0.1, -0.05) is 29.8 Å². The molecule has 0 aromatic heterocycles. The maximum absolute atomic E-state index is 12.9. The zero-order valence-corrected chi connectivity index (χ0v) is 13.6. The highest BCUT2D eigenvalue weighted by atomic mass is 35.5. The monoisotopic (exact) mass is 335 g/mol. The zero-order valence-electron chi connectivity index (χ0n) is 12.9. The Kier molecular flexibility index (Phi) is 5.16. The maximum atomic E-state index is 12.9. The van der Waals surface area contributed by atoms with E-state index >= 15 is 0 Å². The summed E-state index contributed by atoms with van der Waals surface area (Å²) in [6, 6.07) is 14.0. The SMILES string of the molecule is O[C@@H](C[NH+]1CCN(c2cccc(Cl)c2)CC1)c1ccc(F)cc1. The van der Waals surface area contributed by atoms with E-state index in [-0.39, 0.29) is 5.82 Å². The maximum Gasteiger partial charge on any atom is 0.128 e. The smallest absolute Gasteiger partial charge is 0.128 e. The van der Waals surface area contributed by atoms with Crippen molar-refractivity contribution < 1.29 is 14.4 Å². The Labute approximate surface area is 140 Å². The Morgan fingerprint density at radius 3 is 2.48 bits per heavy atom. The molecule has 5 heteroatoms. The van der Waals surface area contributed by atoms with E-state index in [9.17, 15) is 9.50 Å². The Morgan fingerprint density at radius 2 is 1.83 bits per heavy atom. The molecule has 0 aliphatic carbocycles. The van der Waals surface area contributed by atoms with Crippen LogP contribution in [0.4, 0.5) is 10.1 Å². The second kappa shape index (κ2) is 7.30. The number of hydrogen-bond donors (Lipinski definition) is 2. The zero-order chi connectivity index (χ0) is 16.2. The van der Waals surface area contributed by atoms with Crippen LogP contribution in [0.25, 0.3) is 0 Å². The number of aliphatic hydroxyl groups excluding tert-OH is 1. The van der Waals surface area contributed by atoms with Gasteiger partial charge in [-0.25, -0.2) is 4.39 Å². The summed E-state index contributed by atoms with van der Waals surface area (Å²) >= 11 is 6.05. The van der Waals surface area contributed by atoms with Gasteiger partial charge in [-0.2, -0.15) is 0 Å². The lowest BCUT2D eigenvalue weighted by atomic mass is 10.1. The lowest BCUT2D eigenvalue weighted by Crippen LogP contribution is -3.15. The Hall–Kier alpha value is -1.62. The minimum atomic E-state index is -0.552. The molecule has 0 bridgehead atoms. The van der Waals surface area contributed by atoms with E-state index in [0.717, 1.165) is 42.5 Å². The molecule has 1 fully saturated rings. The first-order chi connectivity index (χ1) is 11.1. The fourth-order valence-corrected chi connectivity index (χ4v) is 3.22. The fraction of sp³-hybridized carbons (Fsp3) is 0.333. The third kappa shape index (κ3) is 4.22. The number of hydrogen-bond acceptors (Lipinski definition) is 2. The molecule has 1 atom stereocenters. The van der Waals surface area contributed by atoms with Gasteiger partial charge in [0.05, 0.1) is 26.2 Å². The topological polar surface area (TPSA) is 27.9 Å². The molecule has 2 aromatic carbocycles. The van der Waals surface area contributed by atoms with E-state index in [1.807, 2.05) is 18.2 Å². The molecule has 0 saturated carbocycles. The normalized spacial score (nSPS) is 17.3. The Bertz CT molecular complexity index is 642. The standard InChI is InChI=1S/C18H20ClFN2O/c19-15-2-1-3-17(12-15)22-10-8-21(9-11-22)13-18(23)14-4-6-16(20)7-5-14/h1-7,12,18,23H,8-11,13H2/p+1/t18-/m0/s1. The highest BCUT2D eigenvalue weighted by Crippen LogP contribution is 2.19. The van der Waals surface area contributed by atoms with E-state index in [4.69, 9.17) is 11.6 Å². The Balaban J connectivity index is 1.54. The van der Waals surface area contributed by atoms with Crippen LogP contribution in [0.3, 0.4) is 0 Å². The second-order valence-electron chi connectivity index (χ2n) is 5.99. The number of anilines is 1. The van der Waals surface area contributed by atoms with Gasteiger partial charge in [-0.3, -0.25) is 0 Å². The first-order valence-electron chi connectivity index (χ1n) is 7.89. The summed E-state index contributed by atoms with van der Waals surface area (Å²) in [5, 5.41) is 11.1. The van der Waals surface area contributed by atoms with Crippen LogP contribution in [-0.4, -0.2) is 37.8 Å². The first-order valence-corrected chi connectivity index (χ1v) is 8.27. The first kappa shape index (κ1) is 16.2. The number of aliphatic hydroxyl groups is 1. The summed E-state index contributed by atoms with van der Waals surface area (Å²) < 4.78 is 12.9. The van der Waals surface area contributed by atoms with Gasteiger partial charge in [0.2, 0.25) is 0 Å². The third-order valence-corrected chi connectivity index (χ3v) is 4.62. The van der Waals surface area contributed by atoms with E-state index in [1.165, 1.54) is 17.0 Å². The number of piperazine rings is 1. The quantitative estimate of drug-likeness (QED) is 0.893. The molecule has 122 valence electrons. The predicted octanol–water partition coefficient (Wildman–Crippen LogP) is 1.92. The van der Waals surface area contributed by atoms with Crippen LogP contribution >= 0.6 is 11.6 Å². The van der Waals surface area contributed by atoms with Crippen molar-refractivity contribution in [3.8, 4) is 0 Å². The van der Waals surface area contributed by atoms with E-state index < -0.39 is 6.10 Å². The summed E-state index contributed by atoms with van der Waals surface area (Å²) in [6.07, 6.45) is -0.552. The van der Waals surface area contributed by atoms with Gasteiger partial charge in [0.25, 0.3) is 0 Å². The molecule has 0 amide bonds. The number of benzene rings is 2. The van der Waals surface area contributed by atoms with Crippen LogP contribution in [0, 0.1) is 5.82 Å².